The molecule has 3 nitrogen and oxygen atoms in total. The number of nitrogens with one attached hydrogen (secondary N) is 1. The van der Waals surface area contributed by atoms with E-state index >= 15 is 0 Å². The number of halogens is 1. The smallest absolute Gasteiger partial charge is 0.176 e. The van der Waals surface area contributed by atoms with Gasteiger partial charge in [0.1, 0.15) is 5.76 Å². The van der Waals surface area contributed by atoms with E-state index in [1.165, 1.54) is 3.57 Å². The molecule has 1 N–H and O–H groups in total. The van der Waals surface area contributed by atoms with Crippen LogP contribution in [0.15, 0.2) is 52.9 Å². The van der Waals surface area contributed by atoms with Crippen molar-refractivity contribution in [1.29, 1.82) is 0 Å². The summed E-state index contributed by atoms with van der Waals surface area (Å²) in [6, 6.07) is 16.2. The third-order valence-electron chi connectivity index (χ3n) is 3.07. The molecule has 0 fully saturated rings. The van der Waals surface area contributed by atoms with Crippen LogP contribution in [0.25, 0.3) is 11.0 Å². The van der Waals surface area contributed by atoms with E-state index in [1.54, 1.807) is 7.11 Å². The Morgan fingerprint density at radius 1 is 1.15 bits per heavy atom. The molecule has 0 aliphatic carbocycles. The molecule has 3 aromatic rings. The second-order valence-corrected chi connectivity index (χ2v) is 5.70. The van der Waals surface area contributed by atoms with Gasteiger partial charge in [-0.1, -0.05) is 18.2 Å². The van der Waals surface area contributed by atoms with Crippen molar-refractivity contribution in [2.45, 2.75) is 6.54 Å². The molecule has 0 saturated carbocycles. The molecule has 0 bridgehead atoms. The van der Waals surface area contributed by atoms with Crippen molar-refractivity contribution in [2.24, 2.45) is 0 Å². The fourth-order valence-electron chi connectivity index (χ4n) is 2.13. The molecule has 1 aromatic heterocycles. The van der Waals surface area contributed by atoms with E-state index in [9.17, 15) is 0 Å². The summed E-state index contributed by atoms with van der Waals surface area (Å²) in [5.41, 5.74) is 1.89. The Bertz CT molecular complexity index is 736. The number of rotatable bonds is 4. The highest BCUT2D eigenvalue weighted by atomic mass is 127. The van der Waals surface area contributed by atoms with Crippen LogP contribution in [0.1, 0.15) is 5.76 Å². The second kappa shape index (κ2) is 5.75. The number of hydrogen-bond acceptors (Lipinski definition) is 3. The van der Waals surface area contributed by atoms with E-state index in [4.69, 9.17) is 9.15 Å². The quantitative estimate of drug-likeness (QED) is 0.670. The van der Waals surface area contributed by atoms with Crippen molar-refractivity contribution in [1.82, 2.24) is 0 Å². The van der Waals surface area contributed by atoms with Gasteiger partial charge in [-0.05, 0) is 52.9 Å². The van der Waals surface area contributed by atoms with E-state index in [0.29, 0.717) is 6.54 Å². The molecule has 0 aliphatic heterocycles. The van der Waals surface area contributed by atoms with Crippen LogP contribution < -0.4 is 10.1 Å². The summed E-state index contributed by atoms with van der Waals surface area (Å²) in [6.07, 6.45) is 0. The fraction of sp³-hybridized carbons (Fsp3) is 0.125. The number of methoxy groups -OCH3 is 1. The molecular formula is C16H14INO2. The molecule has 1 heterocycles. The zero-order valence-electron chi connectivity index (χ0n) is 11.0. The lowest BCUT2D eigenvalue weighted by molar-refractivity contribution is 0.408. The lowest BCUT2D eigenvalue weighted by Crippen LogP contribution is -1.97. The topological polar surface area (TPSA) is 34.4 Å². The zero-order valence-corrected chi connectivity index (χ0v) is 13.2. The monoisotopic (exact) mass is 379 g/mol. The maximum absolute atomic E-state index is 5.85. The first kappa shape index (κ1) is 13.3. The van der Waals surface area contributed by atoms with Gasteiger partial charge in [0.2, 0.25) is 0 Å². The highest BCUT2D eigenvalue weighted by Crippen LogP contribution is 2.28. The van der Waals surface area contributed by atoms with Gasteiger partial charge in [-0.2, -0.15) is 0 Å². The first-order valence-corrected chi connectivity index (χ1v) is 7.39. The first-order chi connectivity index (χ1) is 9.76. The van der Waals surface area contributed by atoms with Crippen LogP contribution in [-0.2, 0) is 6.54 Å². The number of hydrogen-bond donors (Lipinski definition) is 1. The summed E-state index contributed by atoms with van der Waals surface area (Å²) in [6.45, 7) is 0.651. The van der Waals surface area contributed by atoms with Gasteiger partial charge in [0.05, 0.1) is 13.7 Å². The van der Waals surface area contributed by atoms with Crippen LogP contribution in [0, 0.1) is 3.57 Å². The Morgan fingerprint density at radius 3 is 2.80 bits per heavy atom. The van der Waals surface area contributed by atoms with E-state index in [0.717, 1.165) is 28.2 Å². The van der Waals surface area contributed by atoms with Gasteiger partial charge >= 0.3 is 0 Å². The Balaban J connectivity index is 1.81. The summed E-state index contributed by atoms with van der Waals surface area (Å²) in [5.74, 6) is 1.66. The lowest BCUT2D eigenvalue weighted by atomic mass is 10.2. The van der Waals surface area contributed by atoms with Crippen molar-refractivity contribution in [3.8, 4) is 5.75 Å². The Labute approximate surface area is 131 Å². The van der Waals surface area contributed by atoms with Gasteiger partial charge in [-0.25, -0.2) is 0 Å². The summed E-state index contributed by atoms with van der Waals surface area (Å²) in [4.78, 5) is 0. The third-order valence-corrected chi connectivity index (χ3v) is 3.74. The van der Waals surface area contributed by atoms with Gasteiger partial charge < -0.3 is 14.5 Å². The molecule has 0 saturated heterocycles. The Morgan fingerprint density at radius 2 is 2.00 bits per heavy atom. The molecule has 102 valence electrons. The minimum Gasteiger partial charge on any atom is -0.493 e. The van der Waals surface area contributed by atoms with Crippen LogP contribution in [0.4, 0.5) is 5.69 Å². The number of para-hydroxylation sites is 1. The highest BCUT2D eigenvalue weighted by Gasteiger charge is 2.08. The lowest BCUT2D eigenvalue weighted by Gasteiger charge is -2.04. The van der Waals surface area contributed by atoms with E-state index in [2.05, 4.69) is 40.0 Å². The van der Waals surface area contributed by atoms with Crippen molar-refractivity contribution in [3.05, 3.63) is 57.9 Å². The Kier molecular flexibility index (Phi) is 3.82. The van der Waals surface area contributed by atoms with Gasteiger partial charge in [-0.15, -0.1) is 0 Å². The molecule has 0 spiro atoms. The predicted molar refractivity (Wildman–Crippen MR) is 89.3 cm³/mol. The molecule has 0 radical (unpaired) electrons. The van der Waals surface area contributed by atoms with Crippen LogP contribution in [0.5, 0.6) is 5.75 Å². The van der Waals surface area contributed by atoms with Crippen molar-refractivity contribution < 1.29 is 9.15 Å². The predicted octanol–water partition coefficient (Wildman–Crippen LogP) is 4.66. The van der Waals surface area contributed by atoms with E-state index in [1.807, 2.05) is 36.4 Å². The van der Waals surface area contributed by atoms with Gasteiger partial charge in [-0.3, -0.25) is 0 Å². The normalized spacial score (nSPS) is 10.7. The first-order valence-electron chi connectivity index (χ1n) is 6.31. The SMILES string of the molecule is COc1cccc2cc(CNc3cccc(I)c3)oc12. The number of benzene rings is 2. The number of furan rings is 1. The van der Waals surface area contributed by atoms with Crippen molar-refractivity contribution >= 4 is 39.2 Å². The van der Waals surface area contributed by atoms with Crippen molar-refractivity contribution in [2.75, 3.05) is 12.4 Å². The molecular weight excluding hydrogens is 365 g/mol. The summed E-state index contributed by atoms with van der Waals surface area (Å²) < 4.78 is 12.4. The molecule has 0 amide bonds. The van der Waals surface area contributed by atoms with E-state index < -0.39 is 0 Å². The molecule has 3 rings (SSSR count). The molecule has 4 heteroatoms. The van der Waals surface area contributed by atoms with Crippen LogP contribution in [0.2, 0.25) is 0 Å². The highest BCUT2D eigenvalue weighted by molar-refractivity contribution is 14.1. The minimum absolute atomic E-state index is 0.651. The molecule has 0 aliphatic rings. The fourth-order valence-corrected chi connectivity index (χ4v) is 2.67. The summed E-state index contributed by atoms with van der Waals surface area (Å²) in [7, 11) is 1.65. The molecule has 20 heavy (non-hydrogen) atoms. The maximum atomic E-state index is 5.85. The average molecular weight is 379 g/mol. The number of fused-ring (bicyclic) bond motifs is 1. The number of anilines is 1. The van der Waals surface area contributed by atoms with Crippen LogP contribution in [0.3, 0.4) is 0 Å². The molecule has 2 aromatic carbocycles. The number of ether oxygens (including phenoxy) is 1. The minimum atomic E-state index is 0.651. The zero-order chi connectivity index (χ0) is 13.9. The largest absolute Gasteiger partial charge is 0.493 e. The van der Waals surface area contributed by atoms with Gasteiger partial charge in [0, 0.05) is 14.6 Å². The maximum Gasteiger partial charge on any atom is 0.176 e. The van der Waals surface area contributed by atoms with Crippen molar-refractivity contribution in [3.63, 3.8) is 0 Å². The van der Waals surface area contributed by atoms with Gasteiger partial charge in [0.15, 0.2) is 11.3 Å². The summed E-state index contributed by atoms with van der Waals surface area (Å²) in [5, 5.41) is 4.42. The van der Waals surface area contributed by atoms with Crippen LogP contribution in [-0.4, -0.2) is 7.11 Å². The molecule has 0 atom stereocenters. The average Bonchev–Trinajstić information content (AvgIpc) is 2.88. The Hall–Kier alpha value is -1.69. The van der Waals surface area contributed by atoms with Crippen LogP contribution >= 0.6 is 22.6 Å². The van der Waals surface area contributed by atoms with Gasteiger partial charge in [0.25, 0.3) is 0 Å². The second-order valence-electron chi connectivity index (χ2n) is 4.46. The standard InChI is InChI=1S/C16H14INO2/c1-19-15-7-2-4-11-8-14(20-16(11)15)10-18-13-6-3-5-12(17)9-13/h2-9,18H,10H2,1H3. The van der Waals surface area contributed by atoms with E-state index in [-0.39, 0.29) is 0 Å². The summed E-state index contributed by atoms with van der Waals surface area (Å²) >= 11 is 2.30. The third kappa shape index (κ3) is 2.75. The molecule has 0 unspecified atom stereocenters.